The summed E-state index contributed by atoms with van der Waals surface area (Å²) < 4.78 is 15.1. The number of imidazole rings is 1. The van der Waals surface area contributed by atoms with E-state index in [2.05, 4.69) is 10.3 Å². The molecule has 0 atom stereocenters. The Hall–Kier alpha value is -4.00. The monoisotopic (exact) mass is 391 g/mol. The Labute approximate surface area is 166 Å². The number of fused-ring (bicyclic) bond motifs is 1. The molecule has 2 aromatic heterocycles. The molecular formula is C22H18FN3O3. The number of carboxylic acid groups (broad SMARTS) is 1. The molecule has 4 aromatic rings. The maximum absolute atomic E-state index is 13.1. The van der Waals surface area contributed by atoms with E-state index in [-0.39, 0.29) is 18.2 Å². The highest BCUT2D eigenvalue weighted by Gasteiger charge is 2.10. The van der Waals surface area contributed by atoms with Gasteiger partial charge in [0.15, 0.2) is 0 Å². The van der Waals surface area contributed by atoms with E-state index in [4.69, 9.17) is 9.90 Å². The van der Waals surface area contributed by atoms with E-state index in [0.717, 1.165) is 28.0 Å². The number of hydrogen-bond donors (Lipinski definition) is 2. The van der Waals surface area contributed by atoms with Crippen LogP contribution < -0.4 is 5.32 Å². The first-order valence-corrected chi connectivity index (χ1v) is 8.70. The second-order valence-corrected chi connectivity index (χ2v) is 6.06. The smallest absolute Gasteiger partial charge is 0.290 e. The number of pyridine rings is 1. The van der Waals surface area contributed by atoms with Gasteiger partial charge in [0.25, 0.3) is 12.4 Å². The van der Waals surface area contributed by atoms with Crippen molar-refractivity contribution < 1.29 is 19.1 Å². The Morgan fingerprint density at radius 3 is 2.48 bits per heavy atom. The van der Waals surface area contributed by atoms with Crippen molar-refractivity contribution >= 4 is 18.0 Å². The van der Waals surface area contributed by atoms with Gasteiger partial charge in [-0.3, -0.25) is 14.0 Å². The molecule has 0 aliphatic heterocycles. The second kappa shape index (κ2) is 8.79. The van der Waals surface area contributed by atoms with Crippen molar-refractivity contribution in [2.75, 3.05) is 7.05 Å². The number of hydrogen-bond acceptors (Lipinski definition) is 3. The Bertz CT molecular complexity index is 1150. The number of halogens is 1. The maximum Gasteiger partial charge on any atom is 0.290 e. The van der Waals surface area contributed by atoms with Crippen LogP contribution in [0.25, 0.3) is 28.0 Å². The van der Waals surface area contributed by atoms with Crippen molar-refractivity contribution in [1.82, 2.24) is 14.7 Å². The third-order valence-corrected chi connectivity index (χ3v) is 4.34. The van der Waals surface area contributed by atoms with Crippen molar-refractivity contribution in [3.05, 3.63) is 84.4 Å². The van der Waals surface area contributed by atoms with Gasteiger partial charge in [0.2, 0.25) is 0 Å². The average molecular weight is 391 g/mol. The fraction of sp³-hybridized carbons (Fsp3) is 0.0455. The van der Waals surface area contributed by atoms with Crippen LogP contribution in [0.15, 0.2) is 73.1 Å². The number of aromatic nitrogens is 2. The summed E-state index contributed by atoms with van der Waals surface area (Å²) in [6.45, 7) is -0.250. The lowest BCUT2D eigenvalue weighted by molar-refractivity contribution is -0.122. The molecule has 1 amide bonds. The molecule has 7 heteroatoms. The van der Waals surface area contributed by atoms with E-state index >= 15 is 0 Å². The van der Waals surface area contributed by atoms with E-state index < -0.39 is 0 Å². The molecule has 0 unspecified atom stereocenters. The van der Waals surface area contributed by atoms with Crippen molar-refractivity contribution in [1.29, 1.82) is 0 Å². The van der Waals surface area contributed by atoms with Crippen LogP contribution in [-0.2, 0) is 4.79 Å². The van der Waals surface area contributed by atoms with Crippen LogP contribution in [-0.4, -0.2) is 33.9 Å². The predicted molar refractivity (Wildman–Crippen MR) is 108 cm³/mol. The van der Waals surface area contributed by atoms with E-state index in [1.807, 2.05) is 40.9 Å². The summed E-state index contributed by atoms with van der Waals surface area (Å²) in [6, 6.07) is 17.7. The molecule has 6 nitrogen and oxygen atoms in total. The molecule has 0 aliphatic rings. The molecule has 2 aromatic carbocycles. The number of rotatable bonds is 3. The third-order valence-electron chi connectivity index (χ3n) is 4.34. The average Bonchev–Trinajstić information content (AvgIpc) is 3.17. The number of carbonyl (C=O) groups is 2. The highest BCUT2D eigenvalue weighted by molar-refractivity contribution is 5.95. The molecule has 0 saturated carbocycles. The molecule has 0 radical (unpaired) electrons. The lowest BCUT2D eigenvalue weighted by atomic mass is 10.1. The SMILES string of the molecule is CNC(=O)c1cccc(-c2cnc3cc(-c4ccc(F)cc4)ccn23)c1.O=CO. The Balaban J connectivity index is 0.000000755. The fourth-order valence-electron chi connectivity index (χ4n) is 2.98. The lowest BCUT2D eigenvalue weighted by Crippen LogP contribution is -2.17. The number of nitrogens with one attached hydrogen (secondary N) is 1. The van der Waals surface area contributed by atoms with Crippen LogP contribution in [0.3, 0.4) is 0 Å². The van der Waals surface area contributed by atoms with Gasteiger partial charge in [-0.15, -0.1) is 0 Å². The maximum atomic E-state index is 13.1. The summed E-state index contributed by atoms with van der Waals surface area (Å²) in [4.78, 5) is 24.7. The molecule has 0 bridgehead atoms. The Morgan fingerprint density at radius 2 is 1.79 bits per heavy atom. The Kier molecular flexibility index (Phi) is 5.99. The van der Waals surface area contributed by atoms with Gasteiger partial charge in [-0.1, -0.05) is 24.3 Å². The first-order valence-electron chi connectivity index (χ1n) is 8.70. The van der Waals surface area contributed by atoms with Gasteiger partial charge in [-0.05, 0) is 47.5 Å². The first-order chi connectivity index (χ1) is 14.1. The number of carbonyl (C=O) groups excluding carboxylic acids is 1. The predicted octanol–water partition coefficient (Wildman–Crippen LogP) is 3.87. The van der Waals surface area contributed by atoms with Crippen molar-refractivity contribution in [2.45, 2.75) is 0 Å². The fourth-order valence-corrected chi connectivity index (χ4v) is 2.98. The standard InChI is InChI=1S/C21H16FN3O.CH2O2/c1-23-21(26)17-4-2-3-16(11-17)19-13-24-20-12-15(9-10-25(19)20)14-5-7-18(22)8-6-14;2-1-3/h2-13H,1H3,(H,23,26);1H,(H,2,3). The lowest BCUT2D eigenvalue weighted by Gasteiger charge is -2.06. The zero-order valence-electron chi connectivity index (χ0n) is 15.5. The Morgan fingerprint density at radius 1 is 1.07 bits per heavy atom. The van der Waals surface area contributed by atoms with E-state index in [9.17, 15) is 9.18 Å². The van der Waals surface area contributed by atoms with Crippen LogP contribution in [0.4, 0.5) is 4.39 Å². The van der Waals surface area contributed by atoms with Gasteiger partial charge < -0.3 is 10.4 Å². The molecule has 0 spiro atoms. The largest absolute Gasteiger partial charge is 0.483 e. The minimum Gasteiger partial charge on any atom is -0.483 e. The number of benzene rings is 2. The van der Waals surface area contributed by atoms with Crippen molar-refractivity contribution in [3.63, 3.8) is 0 Å². The van der Waals surface area contributed by atoms with Gasteiger partial charge in [-0.25, -0.2) is 9.37 Å². The van der Waals surface area contributed by atoms with Gasteiger partial charge in [0, 0.05) is 24.4 Å². The van der Waals surface area contributed by atoms with Gasteiger partial charge >= 0.3 is 0 Å². The first kappa shape index (κ1) is 19.8. The van der Waals surface area contributed by atoms with Crippen molar-refractivity contribution in [2.24, 2.45) is 0 Å². The summed E-state index contributed by atoms with van der Waals surface area (Å²) in [5.41, 5.74) is 5.09. The van der Waals surface area contributed by atoms with Crippen LogP contribution in [0, 0.1) is 5.82 Å². The molecular weight excluding hydrogens is 373 g/mol. The minimum absolute atomic E-state index is 0.126. The quantitative estimate of drug-likeness (QED) is 0.520. The van der Waals surface area contributed by atoms with Crippen LogP contribution in [0.2, 0.25) is 0 Å². The van der Waals surface area contributed by atoms with E-state index in [1.165, 1.54) is 12.1 Å². The van der Waals surface area contributed by atoms with E-state index in [1.54, 1.807) is 31.4 Å². The molecule has 29 heavy (non-hydrogen) atoms. The summed E-state index contributed by atoms with van der Waals surface area (Å²) in [5, 5.41) is 9.52. The molecule has 4 rings (SSSR count). The van der Waals surface area contributed by atoms with Gasteiger partial charge in [0.1, 0.15) is 11.5 Å². The molecule has 0 fully saturated rings. The normalized spacial score (nSPS) is 10.1. The van der Waals surface area contributed by atoms with Crippen LogP contribution in [0.5, 0.6) is 0 Å². The second-order valence-electron chi connectivity index (χ2n) is 6.06. The number of nitrogens with zero attached hydrogens (tertiary/aromatic N) is 2. The molecule has 2 heterocycles. The zero-order valence-corrected chi connectivity index (χ0v) is 15.5. The third kappa shape index (κ3) is 4.30. The highest BCUT2D eigenvalue weighted by atomic mass is 19.1. The highest BCUT2D eigenvalue weighted by Crippen LogP contribution is 2.26. The van der Waals surface area contributed by atoms with Gasteiger partial charge in [-0.2, -0.15) is 0 Å². The topological polar surface area (TPSA) is 83.7 Å². The molecule has 0 aliphatic carbocycles. The minimum atomic E-state index is -0.256. The van der Waals surface area contributed by atoms with E-state index in [0.29, 0.717) is 5.56 Å². The molecule has 2 N–H and O–H groups in total. The van der Waals surface area contributed by atoms with Crippen LogP contribution in [0.1, 0.15) is 10.4 Å². The zero-order chi connectivity index (χ0) is 20.8. The van der Waals surface area contributed by atoms with Crippen molar-refractivity contribution in [3.8, 4) is 22.4 Å². The molecule has 0 saturated heterocycles. The van der Waals surface area contributed by atoms with Gasteiger partial charge in [0.05, 0.1) is 11.9 Å². The summed E-state index contributed by atoms with van der Waals surface area (Å²) in [6.07, 6.45) is 3.72. The summed E-state index contributed by atoms with van der Waals surface area (Å²) in [7, 11) is 1.61. The van der Waals surface area contributed by atoms with Crippen LogP contribution >= 0.6 is 0 Å². The summed E-state index contributed by atoms with van der Waals surface area (Å²) in [5.74, 6) is -0.381. The molecule has 146 valence electrons. The summed E-state index contributed by atoms with van der Waals surface area (Å²) >= 11 is 0. The number of amides is 1.